The van der Waals surface area contributed by atoms with Gasteiger partial charge >= 0.3 is 0 Å². The van der Waals surface area contributed by atoms with Crippen molar-refractivity contribution >= 4 is 61.1 Å². The molecule has 0 atom stereocenters. The summed E-state index contributed by atoms with van der Waals surface area (Å²) in [5.41, 5.74) is 5.09. The van der Waals surface area contributed by atoms with Crippen LogP contribution >= 0.6 is 31.9 Å². The lowest BCUT2D eigenvalue weighted by molar-refractivity contribution is -0.117. The zero-order chi connectivity index (χ0) is 18.1. The summed E-state index contributed by atoms with van der Waals surface area (Å²) in [6.07, 6.45) is 1.60. The van der Waals surface area contributed by atoms with Crippen molar-refractivity contribution < 1.29 is 9.59 Å². The normalized spacial score (nSPS) is 15.7. The Morgan fingerprint density at radius 1 is 1.04 bits per heavy atom. The lowest BCUT2D eigenvalue weighted by atomic mass is 10.1. The molecule has 1 heterocycles. The van der Waals surface area contributed by atoms with E-state index in [9.17, 15) is 9.59 Å². The highest BCUT2D eigenvalue weighted by Crippen LogP contribution is 2.28. The minimum absolute atomic E-state index is 0.104. The Balaban J connectivity index is 1.91. The van der Waals surface area contributed by atoms with Crippen molar-refractivity contribution in [1.29, 1.82) is 0 Å². The van der Waals surface area contributed by atoms with Crippen molar-refractivity contribution in [1.82, 2.24) is 5.43 Å². The number of benzene rings is 2. The van der Waals surface area contributed by atoms with Gasteiger partial charge in [-0.2, -0.15) is 0 Å². The van der Waals surface area contributed by atoms with E-state index < -0.39 is 5.91 Å². The number of anilines is 2. The van der Waals surface area contributed by atoms with Gasteiger partial charge in [-0.15, -0.1) is 0 Å². The molecular weight excluding hydrogens is 450 g/mol. The fraction of sp³-hybridized carbons (Fsp3) is 0.111. The van der Waals surface area contributed by atoms with Crippen LogP contribution in [-0.4, -0.2) is 25.9 Å². The van der Waals surface area contributed by atoms with E-state index in [0.29, 0.717) is 5.69 Å². The molecule has 0 spiro atoms. The minimum Gasteiger partial charge on any atom is -0.377 e. The summed E-state index contributed by atoms with van der Waals surface area (Å²) in [6.45, 7) is 0. The molecule has 2 amide bonds. The van der Waals surface area contributed by atoms with Crippen molar-refractivity contribution in [3.05, 3.63) is 62.5 Å². The van der Waals surface area contributed by atoms with Crippen LogP contribution in [0.5, 0.6) is 0 Å². The Labute approximate surface area is 162 Å². The number of nitrogens with zero attached hydrogens (tertiary/aromatic N) is 2. The average Bonchev–Trinajstić information content (AvgIpc) is 2.83. The van der Waals surface area contributed by atoms with Crippen LogP contribution in [0.1, 0.15) is 5.56 Å². The van der Waals surface area contributed by atoms with Gasteiger partial charge in [0.15, 0.2) is 0 Å². The van der Waals surface area contributed by atoms with Gasteiger partial charge in [-0.3, -0.25) is 15.0 Å². The molecule has 1 fully saturated rings. The molecule has 1 aliphatic rings. The van der Waals surface area contributed by atoms with Gasteiger partial charge in [-0.05, 0) is 64.0 Å². The fourth-order valence-corrected chi connectivity index (χ4v) is 3.49. The van der Waals surface area contributed by atoms with E-state index in [2.05, 4.69) is 37.3 Å². The molecule has 0 aliphatic carbocycles. The van der Waals surface area contributed by atoms with E-state index in [-0.39, 0.29) is 11.5 Å². The first-order valence-electron chi connectivity index (χ1n) is 7.46. The van der Waals surface area contributed by atoms with Gasteiger partial charge < -0.3 is 4.90 Å². The number of amides is 2. The zero-order valence-corrected chi connectivity index (χ0v) is 16.8. The maximum Gasteiger partial charge on any atom is 0.282 e. The first-order valence-corrected chi connectivity index (χ1v) is 9.05. The number of carbonyl (C=O) groups is 2. The molecule has 5 nitrogen and oxygen atoms in total. The summed E-state index contributed by atoms with van der Waals surface area (Å²) >= 11 is 6.86. The Bertz CT molecular complexity index is 876. The molecule has 0 bridgehead atoms. The van der Waals surface area contributed by atoms with Crippen LogP contribution in [0.25, 0.3) is 6.08 Å². The standard InChI is InChI=1S/C18H15Br2N3O2/c1-22(2)16-8-3-11(10-15(16)20)9-14-17(24)21-23(18(14)25)13-6-4-12(19)5-7-13/h3-10H,1-2H3,(H,21,24)/b14-9+. The molecule has 1 N–H and O–H groups in total. The second-order valence-corrected chi connectivity index (χ2v) is 7.49. The lowest BCUT2D eigenvalue weighted by Crippen LogP contribution is -2.35. The second kappa shape index (κ2) is 7.01. The Morgan fingerprint density at radius 3 is 2.32 bits per heavy atom. The highest BCUT2D eigenvalue weighted by Gasteiger charge is 2.34. The summed E-state index contributed by atoms with van der Waals surface area (Å²) in [6, 6.07) is 12.8. The van der Waals surface area contributed by atoms with E-state index in [1.165, 1.54) is 5.01 Å². The molecule has 3 rings (SSSR count). The third-order valence-electron chi connectivity index (χ3n) is 3.74. The molecule has 7 heteroatoms. The van der Waals surface area contributed by atoms with Gasteiger partial charge in [0.2, 0.25) is 0 Å². The number of hydrazine groups is 1. The molecule has 0 unspecified atom stereocenters. The summed E-state index contributed by atoms with van der Waals surface area (Å²) in [7, 11) is 3.89. The van der Waals surface area contributed by atoms with Crippen molar-refractivity contribution in [2.75, 3.05) is 24.0 Å². The lowest BCUT2D eigenvalue weighted by Gasteiger charge is -2.15. The number of nitrogens with one attached hydrogen (secondary N) is 1. The summed E-state index contributed by atoms with van der Waals surface area (Å²) in [5, 5.41) is 1.25. The van der Waals surface area contributed by atoms with Crippen LogP contribution in [0.15, 0.2) is 57.0 Å². The predicted molar refractivity (Wildman–Crippen MR) is 106 cm³/mol. The molecular formula is C18H15Br2N3O2. The fourth-order valence-electron chi connectivity index (χ4n) is 2.47. The summed E-state index contributed by atoms with van der Waals surface area (Å²) < 4.78 is 1.79. The number of halogens is 2. The highest BCUT2D eigenvalue weighted by atomic mass is 79.9. The van der Waals surface area contributed by atoms with E-state index in [4.69, 9.17) is 0 Å². The molecule has 0 saturated carbocycles. The summed E-state index contributed by atoms with van der Waals surface area (Å²) in [5.74, 6) is -0.791. The summed E-state index contributed by atoms with van der Waals surface area (Å²) in [4.78, 5) is 26.8. The van der Waals surface area contributed by atoms with Gasteiger partial charge in [-0.25, -0.2) is 5.01 Å². The number of carbonyl (C=O) groups excluding carboxylic acids is 2. The molecule has 128 valence electrons. The Hall–Kier alpha value is -2.12. The van der Waals surface area contributed by atoms with Gasteiger partial charge in [0.25, 0.3) is 11.8 Å². The molecule has 0 radical (unpaired) electrons. The second-order valence-electron chi connectivity index (χ2n) is 5.72. The first kappa shape index (κ1) is 17.7. The van der Waals surface area contributed by atoms with E-state index in [0.717, 1.165) is 20.2 Å². The SMILES string of the molecule is CN(C)c1ccc(/C=C2\C(=O)NN(c3ccc(Br)cc3)C2=O)cc1Br. The molecule has 1 aliphatic heterocycles. The van der Waals surface area contributed by atoms with Crippen LogP contribution in [-0.2, 0) is 9.59 Å². The van der Waals surface area contributed by atoms with Crippen molar-refractivity contribution in [3.8, 4) is 0 Å². The molecule has 25 heavy (non-hydrogen) atoms. The minimum atomic E-state index is -0.416. The van der Waals surface area contributed by atoms with E-state index >= 15 is 0 Å². The van der Waals surface area contributed by atoms with Crippen molar-refractivity contribution in [2.45, 2.75) is 0 Å². The predicted octanol–water partition coefficient (Wildman–Crippen LogP) is 3.74. The number of hydrogen-bond acceptors (Lipinski definition) is 3. The molecule has 2 aromatic carbocycles. The van der Waals surface area contributed by atoms with Crippen LogP contribution < -0.4 is 15.3 Å². The Kier molecular flexibility index (Phi) is 4.96. The van der Waals surface area contributed by atoms with E-state index in [1.54, 1.807) is 18.2 Å². The van der Waals surface area contributed by atoms with Crippen LogP contribution in [0.4, 0.5) is 11.4 Å². The van der Waals surface area contributed by atoms with Crippen molar-refractivity contribution in [3.63, 3.8) is 0 Å². The van der Waals surface area contributed by atoms with E-state index in [1.807, 2.05) is 49.3 Å². The van der Waals surface area contributed by atoms with Crippen LogP contribution in [0, 0.1) is 0 Å². The quantitative estimate of drug-likeness (QED) is 0.556. The maximum absolute atomic E-state index is 12.6. The number of rotatable bonds is 3. The monoisotopic (exact) mass is 463 g/mol. The zero-order valence-electron chi connectivity index (χ0n) is 13.6. The smallest absolute Gasteiger partial charge is 0.282 e. The number of hydrogen-bond donors (Lipinski definition) is 1. The van der Waals surface area contributed by atoms with Crippen LogP contribution in [0.2, 0.25) is 0 Å². The van der Waals surface area contributed by atoms with Gasteiger partial charge in [-0.1, -0.05) is 22.0 Å². The van der Waals surface area contributed by atoms with Crippen LogP contribution in [0.3, 0.4) is 0 Å². The largest absolute Gasteiger partial charge is 0.377 e. The highest BCUT2D eigenvalue weighted by molar-refractivity contribution is 9.10. The average molecular weight is 465 g/mol. The molecule has 2 aromatic rings. The van der Waals surface area contributed by atoms with Gasteiger partial charge in [0.05, 0.1) is 11.4 Å². The Morgan fingerprint density at radius 2 is 1.72 bits per heavy atom. The molecule has 0 aromatic heterocycles. The topological polar surface area (TPSA) is 52.7 Å². The molecule has 1 saturated heterocycles. The van der Waals surface area contributed by atoms with Crippen molar-refractivity contribution in [2.24, 2.45) is 0 Å². The first-order chi connectivity index (χ1) is 11.9. The third kappa shape index (κ3) is 3.62. The third-order valence-corrected chi connectivity index (χ3v) is 4.90. The van der Waals surface area contributed by atoms with Gasteiger partial charge in [0.1, 0.15) is 5.57 Å². The van der Waals surface area contributed by atoms with Gasteiger partial charge in [0, 0.05) is 23.0 Å². The maximum atomic E-state index is 12.6.